The zero-order valence-corrected chi connectivity index (χ0v) is 31.4. The van der Waals surface area contributed by atoms with Crippen LogP contribution in [-0.2, 0) is 61.9 Å². The first kappa shape index (κ1) is 49.0. The van der Waals surface area contributed by atoms with Gasteiger partial charge in [-0.3, -0.25) is 33.9 Å². The summed E-state index contributed by atoms with van der Waals surface area (Å²) in [6.07, 6.45) is 0.386. The number of nitrogens with zero attached hydrogens (tertiary/aromatic N) is 3. The van der Waals surface area contributed by atoms with E-state index in [4.69, 9.17) is 45.7 Å². The third-order valence-corrected chi connectivity index (χ3v) is 6.20. The number of nitrogens with one attached hydrogen (secondary N) is 2. The average Bonchev–Trinajstić information content (AvgIpc) is 3.08. The number of rotatable bonds is 32. The quantitative estimate of drug-likeness (QED) is 0.0338. The molecule has 0 bridgehead atoms. The van der Waals surface area contributed by atoms with Crippen LogP contribution in [0.5, 0.6) is 0 Å². The van der Waals surface area contributed by atoms with Gasteiger partial charge in [0.05, 0.1) is 71.5 Å². The third-order valence-electron chi connectivity index (χ3n) is 6.20. The van der Waals surface area contributed by atoms with Crippen LogP contribution >= 0.6 is 0 Å². The Labute approximate surface area is 312 Å². The molecule has 0 spiro atoms. The van der Waals surface area contributed by atoms with Gasteiger partial charge in [0, 0.05) is 32.7 Å². The summed E-state index contributed by atoms with van der Waals surface area (Å²) in [6.45, 7) is 4.68. The minimum atomic E-state index is -0.637. The minimum Gasteiger partial charge on any atom is -0.463 e. The van der Waals surface area contributed by atoms with Gasteiger partial charge in [0.2, 0.25) is 0 Å². The molecule has 0 fully saturated rings. The molecule has 2 N–H and O–H groups in total. The Bertz CT molecular complexity index is 1010. The van der Waals surface area contributed by atoms with E-state index in [0.717, 1.165) is 12.8 Å². The van der Waals surface area contributed by atoms with Gasteiger partial charge >= 0.3 is 36.1 Å². The number of carbonyl (C=O) groups is 7. The fraction of sp³-hybridized carbons (Fsp3) is 0.781. The molecule has 2 radical (unpaired) electrons. The van der Waals surface area contributed by atoms with E-state index >= 15 is 0 Å². The molecule has 0 unspecified atom stereocenters. The van der Waals surface area contributed by atoms with Crippen LogP contribution in [-0.4, -0.2) is 203 Å². The molecule has 302 valence electrons. The van der Waals surface area contributed by atoms with Crippen molar-refractivity contribution in [1.29, 1.82) is 0 Å². The Hall–Kier alpha value is -4.05. The van der Waals surface area contributed by atoms with Crippen molar-refractivity contribution in [1.82, 2.24) is 25.3 Å². The van der Waals surface area contributed by atoms with E-state index in [2.05, 4.69) is 10.6 Å². The molecule has 0 saturated carbocycles. The van der Waals surface area contributed by atoms with Gasteiger partial charge in [0.25, 0.3) is 0 Å². The molecule has 21 heteroatoms. The first-order valence-corrected chi connectivity index (χ1v) is 17.3. The molecule has 0 aromatic heterocycles. The molecule has 0 atom stereocenters. The van der Waals surface area contributed by atoms with E-state index in [-0.39, 0.29) is 112 Å². The standard InChI is InChI=1S/C32H56BN5O15/c1-5-11-52-31(44)34-7-13-46-17-19-50-29(42)24-36(3)22-27(40)48-15-9-38(21-26(33)39)10-16-49-28(41)23-37(4)25-30(43)51-20-18-47-14-8-35-32(45)53-12-6-2/h5-25H2,1-4H3,(H,34,44)(H,35,45). The molecule has 0 saturated heterocycles. The summed E-state index contributed by atoms with van der Waals surface area (Å²) in [5.41, 5.74) is -0.637. The van der Waals surface area contributed by atoms with Crippen LogP contribution < -0.4 is 10.6 Å². The van der Waals surface area contributed by atoms with Crippen molar-refractivity contribution in [2.24, 2.45) is 0 Å². The summed E-state index contributed by atoms with van der Waals surface area (Å²) in [4.78, 5) is 86.9. The minimum absolute atomic E-state index is 0.00789. The zero-order chi connectivity index (χ0) is 39.7. The summed E-state index contributed by atoms with van der Waals surface area (Å²) in [6, 6.07) is 0. The van der Waals surface area contributed by atoms with Gasteiger partial charge in [-0.15, -0.1) is 0 Å². The molecular formula is C32H56BN5O15. The van der Waals surface area contributed by atoms with E-state index in [1.807, 2.05) is 13.8 Å². The highest BCUT2D eigenvalue weighted by Crippen LogP contribution is 1.95. The second-order valence-corrected chi connectivity index (χ2v) is 11.3. The van der Waals surface area contributed by atoms with Crippen molar-refractivity contribution in [3.05, 3.63) is 0 Å². The molecule has 0 aromatic rings. The Morgan fingerprint density at radius 2 is 0.830 bits per heavy atom. The Morgan fingerprint density at radius 1 is 0.472 bits per heavy atom. The molecule has 0 aliphatic heterocycles. The summed E-state index contributed by atoms with van der Waals surface area (Å²) >= 11 is 0. The van der Waals surface area contributed by atoms with Crippen LogP contribution in [0.15, 0.2) is 0 Å². The normalized spacial score (nSPS) is 10.8. The van der Waals surface area contributed by atoms with Gasteiger partial charge in [-0.1, -0.05) is 13.8 Å². The molecule has 2 amide bonds. The Morgan fingerprint density at radius 3 is 1.17 bits per heavy atom. The zero-order valence-electron chi connectivity index (χ0n) is 31.4. The maximum atomic E-state index is 12.2. The maximum absolute atomic E-state index is 12.2. The lowest BCUT2D eigenvalue weighted by Crippen LogP contribution is -2.38. The summed E-state index contributed by atoms with van der Waals surface area (Å²) in [7, 11) is 8.37. The summed E-state index contributed by atoms with van der Waals surface area (Å²) < 4.78 is 40.8. The lowest BCUT2D eigenvalue weighted by molar-refractivity contribution is -0.150. The first-order chi connectivity index (χ1) is 25.4. The number of ether oxygens (including phenoxy) is 8. The van der Waals surface area contributed by atoms with Gasteiger partial charge in [0.1, 0.15) is 26.4 Å². The van der Waals surface area contributed by atoms with Gasteiger partial charge in [0.15, 0.2) is 7.85 Å². The van der Waals surface area contributed by atoms with Gasteiger partial charge in [-0.25, -0.2) is 9.59 Å². The van der Waals surface area contributed by atoms with Gasteiger partial charge in [-0.2, -0.15) is 0 Å². The van der Waals surface area contributed by atoms with Crippen LogP contribution in [0.4, 0.5) is 9.59 Å². The van der Waals surface area contributed by atoms with Crippen molar-refractivity contribution in [3.8, 4) is 0 Å². The van der Waals surface area contributed by atoms with E-state index in [1.165, 1.54) is 28.8 Å². The van der Waals surface area contributed by atoms with Crippen molar-refractivity contribution in [3.63, 3.8) is 0 Å². The van der Waals surface area contributed by atoms with E-state index in [0.29, 0.717) is 13.2 Å². The molecule has 0 aromatic carbocycles. The highest BCUT2D eigenvalue weighted by Gasteiger charge is 2.16. The van der Waals surface area contributed by atoms with E-state index in [9.17, 15) is 33.6 Å². The molecule has 0 heterocycles. The van der Waals surface area contributed by atoms with Crippen molar-refractivity contribution in [2.45, 2.75) is 26.7 Å². The lowest BCUT2D eigenvalue weighted by atomic mass is 10.0. The average molecular weight is 762 g/mol. The first-order valence-electron chi connectivity index (χ1n) is 17.3. The Balaban J connectivity index is 4.13. The van der Waals surface area contributed by atoms with Crippen LogP contribution in [0.2, 0.25) is 0 Å². The molecule has 0 aliphatic rings. The highest BCUT2D eigenvalue weighted by molar-refractivity contribution is 6.58. The smallest absolute Gasteiger partial charge is 0.407 e. The van der Waals surface area contributed by atoms with Gasteiger partial charge < -0.3 is 53.3 Å². The number of amides is 2. The molecule has 0 rings (SSSR count). The number of hydrogen-bond acceptors (Lipinski definition) is 18. The fourth-order valence-corrected chi connectivity index (χ4v) is 3.82. The lowest BCUT2D eigenvalue weighted by Gasteiger charge is -2.22. The molecular weight excluding hydrogens is 705 g/mol. The van der Waals surface area contributed by atoms with Crippen molar-refractivity contribution < 1.29 is 71.5 Å². The third kappa shape index (κ3) is 32.3. The predicted octanol–water partition coefficient (Wildman–Crippen LogP) is -1.67. The largest absolute Gasteiger partial charge is 0.463 e. The van der Waals surface area contributed by atoms with Crippen LogP contribution in [0.1, 0.15) is 26.7 Å². The number of alkyl carbamates (subject to hydrolysis) is 2. The number of esters is 4. The van der Waals surface area contributed by atoms with Gasteiger partial charge in [-0.05, 0) is 26.9 Å². The number of carbonyl (C=O) groups excluding carboxylic acids is 7. The molecule has 0 aliphatic carbocycles. The molecule has 53 heavy (non-hydrogen) atoms. The SMILES string of the molecule is [B]C(=O)CN(CCOC(=O)CN(C)CC(=O)OCCOCCNC(=O)OCCC)CCOC(=O)CN(C)CC(=O)OCCOCCNC(=O)OCCC. The Kier molecular flexibility index (Phi) is 30.1. The second kappa shape index (κ2) is 32.6. The number of likely N-dealkylation sites (N-methyl/N-ethyl adjacent to an activating group) is 2. The fourth-order valence-electron chi connectivity index (χ4n) is 3.82. The summed E-state index contributed by atoms with van der Waals surface area (Å²) in [5.74, 6) is -2.39. The summed E-state index contributed by atoms with van der Waals surface area (Å²) in [5, 5.41) is 5.03. The topological polar surface area (TPSA) is 227 Å². The maximum Gasteiger partial charge on any atom is 0.407 e. The monoisotopic (exact) mass is 761 g/mol. The van der Waals surface area contributed by atoms with Crippen molar-refractivity contribution >= 4 is 49.6 Å². The predicted molar refractivity (Wildman–Crippen MR) is 187 cm³/mol. The van der Waals surface area contributed by atoms with Crippen LogP contribution in [0.3, 0.4) is 0 Å². The van der Waals surface area contributed by atoms with Crippen molar-refractivity contribution in [2.75, 3.05) is 139 Å². The second-order valence-electron chi connectivity index (χ2n) is 11.3. The van der Waals surface area contributed by atoms with E-state index in [1.54, 1.807) is 0 Å². The van der Waals surface area contributed by atoms with Crippen LogP contribution in [0.25, 0.3) is 0 Å². The number of hydrogen-bond donors (Lipinski definition) is 2. The molecule has 20 nitrogen and oxygen atoms in total. The van der Waals surface area contributed by atoms with Crippen LogP contribution in [0, 0.1) is 0 Å². The van der Waals surface area contributed by atoms with E-state index < -0.39 is 41.7 Å². The highest BCUT2D eigenvalue weighted by atomic mass is 16.6.